The van der Waals surface area contributed by atoms with Gasteiger partial charge < -0.3 is 15.9 Å². The third kappa shape index (κ3) is 4.46. The summed E-state index contributed by atoms with van der Waals surface area (Å²) in [6, 6.07) is 5.61. The maximum Gasteiger partial charge on any atom is 0.335 e. The number of hydrogen-bond acceptors (Lipinski definition) is 4. The molecule has 0 saturated heterocycles. The van der Waals surface area contributed by atoms with Crippen molar-refractivity contribution in [2.45, 2.75) is 11.8 Å². The molecule has 6 heteroatoms. The molecular formula is C11H13NO4S. The Morgan fingerprint density at radius 3 is 2.29 bits per heavy atom. The van der Waals surface area contributed by atoms with Crippen molar-refractivity contribution in [3.8, 4) is 0 Å². The van der Waals surface area contributed by atoms with E-state index in [9.17, 15) is 9.59 Å². The number of rotatable bonds is 6. The van der Waals surface area contributed by atoms with Crippen LogP contribution in [0.1, 0.15) is 15.9 Å². The maximum absolute atomic E-state index is 10.6. The lowest BCUT2D eigenvalue weighted by molar-refractivity contribution is -0.137. The summed E-state index contributed by atoms with van der Waals surface area (Å²) in [5.41, 5.74) is 6.53. The van der Waals surface area contributed by atoms with Gasteiger partial charge in [0.15, 0.2) is 0 Å². The highest BCUT2D eigenvalue weighted by molar-refractivity contribution is 7.98. The molecule has 92 valence electrons. The molecule has 0 heterocycles. The molecule has 0 amide bonds. The average molecular weight is 255 g/mol. The topological polar surface area (TPSA) is 101 Å². The van der Waals surface area contributed by atoms with Crippen LogP contribution < -0.4 is 5.73 Å². The van der Waals surface area contributed by atoms with Crippen LogP contribution >= 0.6 is 11.8 Å². The Balaban J connectivity index is 2.42. The summed E-state index contributed by atoms with van der Waals surface area (Å²) >= 11 is 1.40. The van der Waals surface area contributed by atoms with Gasteiger partial charge in [0, 0.05) is 11.5 Å². The Kier molecular flexibility index (Phi) is 4.99. The highest BCUT2D eigenvalue weighted by Crippen LogP contribution is 2.13. The van der Waals surface area contributed by atoms with Gasteiger partial charge in [-0.05, 0) is 17.7 Å². The molecule has 1 rings (SSSR count). The molecule has 5 nitrogen and oxygen atoms in total. The predicted molar refractivity (Wildman–Crippen MR) is 65.2 cm³/mol. The van der Waals surface area contributed by atoms with E-state index in [-0.39, 0.29) is 5.56 Å². The Labute approximate surface area is 103 Å². The number of carboxylic acid groups (broad SMARTS) is 2. The number of benzene rings is 1. The second-order valence-corrected chi connectivity index (χ2v) is 4.49. The van der Waals surface area contributed by atoms with E-state index in [2.05, 4.69) is 0 Å². The normalized spacial score (nSPS) is 12.1. The molecule has 1 atom stereocenters. The molecule has 0 aliphatic rings. The van der Waals surface area contributed by atoms with Gasteiger partial charge in [-0.3, -0.25) is 4.79 Å². The smallest absolute Gasteiger partial charge is 0.335 e. The Hall–Kier alpha value is -1.53. The second-order valence-electron chi connectivity index (χ2n) is 3.46. The molecule has 0 aliphatic heterocycles. The molecule has 0 radical (unpaired) electrons. The highest BCUT2D eigenvalue weighted by atomic mass is 32.2. The van der Waals surface area contributed by atoms with Gasteiger partial charge in [0.05, 0.1) is 5.56 Å². The minimum atomic E-state index is -1.02. The van der Waals surface area contributed by atoms with Crippen molar-refractivity contribution in [2.24, 2.45) is 5.73 Å². The largest absolute Gasteiger partial charge is 0.480 e. The van der Waals surface area contributed by atoms with Crippen LogP contribution in [0.2, 0.25) is 0 Å². The number of hydrogen-bond donors (Lipinski definition) is 3. The quantitative estimate of drug-likeness (QED) is 0.702. The minimum Gasteiger partial charge on any atom is -0.480 e. The molecule has 1 aromatic carbocycles. The lowest BCUT2D eigenvalue weighted by Crippen LogP contribution is -2.32. The van der Waals surface area contributed by atoms with Gasteiger partial charge in [-0.15, -0.1) is 0 Å². The van der Waals surface area contributed by atoms with Gasteiger partial charge in [0.2, 0.25) is 0 Å². The lowest BCUT2D eigenvalue weighted by atomic mass is 10.1. The summed E-state index contributed by atoms with van der Waals surface area (Å²) in [5, 5.41) is 17.3. The van der Waals surface area contributed by atoms with E-state index in [1.165, 1.54) is 23.9 Å². The van der Waals surface area contributed by atoms with Crippen LogP contribution in [0.3, 0.4) is 0 Å². The zero-order chi connectivity index (χ0) is 12.8. The summed E-state index contributed by atoms with van der Waals surface area (Å²) < 4.78 is 0. The SMILES string of the molecule is N[C@H](CSCc1ccc(C(=O)O)cc1)C(=O)O. The fraction of sp³-hybridized carbons (Fsp3) is 0.273. The fourth-order valence-corrected chi connectivity index (χ4v) is 2.06. The summed E-state index contributed by atoms with van der Waals surface area (Å²) in [6.45, 7) is 0. The summed E-state index contributed by atoms with van der Waals surface area (Å²) in [7, 11) is 0. The Bertz CT molecular complexity index is 404. The molecule has 17 heavy (non-hydrogen) atoms. The third-order valence-electron chi connectivity index (χ3n) is 2.08. The van der Waals surface area contributed by atoms with Gasteiger partial charge in [-0.25, -0.2) is 4.79 Å². The fourth-order valence-electron chi connectivity index (χ4n) is 1.12. The number of carbonyl (C=O) groups is 2. The summed E-state index contributed by atoms with van der Waals surface area (Å²) in [4.78, 5) is 21.1. The molecule has 0 aliphatic carbocycles. The minimum absolute atomic E-state index is 0.237. The molecule has 0 fully saturated rings. The van der Waals surface area contributed by atoms with Crippen LogP contribution in [0.15, 0.2) is 24.3 Å². The average Bonchev–Trinajstić information content (AvgIpc) is 2.29. The van der Waals surface area contributed by atoms with Crippen molar-refractivity contribution in [2.75, 3.05) is 5.75 Å². The van der Waals surface area contributed by atoms with Crippen LogP contribution in [0.4, 0.5) is 0 Å². The lowest BCUT2D eigenvalue weighted by Gasteiger charge is -2.06. The van der Waals surface area contributed by atoms with Gasteiger partial charge >= 0.3 is 11.9 Å². The second kappa shape index (κ2) is 6.27. The molecular weight excluding hydrogens is 242 g/mol. The molecule has 4 N–H and O–H groups in total. The molecule has 0 aromatic heterocycles. The highest BCUT2D eigenvalue weighted by Gasteiger charge is 2.10. The van der Waals surface area contributed by atoms with E-state index in [1.54, 1.807) is 12.1 Å². The van der Waals surface area contributed by atoms with Gasteiger partial charge in [-0.2, -0.15) is 11.8 Å². The first-order valence-corrected chi connectivity index (χ1v) is 6.04. The summed E-state index contributed by atoms with van der Waals surface area (Å²) in [6.07, 6.45) is 0. The van der Waals surface area contributed by atoms with Crippen LogP contribution in [-0.2, 0) is 10.5 Å². The zero-order valence-corrected chi connectivity index (χ0v) is 9.81. The predicted octanol–water partition coefficient (Wildman–Crippen LogP) is 1.03. The van der Waals surface area contributed by atoms with E-state index in [1.807, 2.05) is 0 Å². The Morgan fingerprint density at radius 1 is 1.24 bits per heavy atom. The third-order valence-corrected chi connectivity index (χ3v) is 3.22. The molecule has 0 unspecified atom stereocenters. The number of aliphatic carboxylic acids is 1. The van der Waals surface area contributed by atoms with Gasteiger partial charge in [0.25, 0.3) is 0 Å². The van der Waals surface area contributed by atoms with Crippen molar-refractivity contribution in [3.63, 3.8) is 0 Å². The van der Waals surface area contributed by atoms with E-state index in [4.69, 9.17) is 15.9 Å². The van der Waals surface area contributed by atoms with Gasteiger partial charge in [-0.1, -0.05) is 12.1 Å². The van der Waals surface area contributed by atoms with E-state index in [0.29, 0.717) is 11.5 Å². The van der Waals surface area contributed by atoms with Crippen LogP contribution in [0, 0.1) is 0 Å². The monoisotopic (exact) mass is 255 g/mol. The number of thioether (sulfide) groups is 1. The first kappa shape index (κ1) is 13.5. The van der Waals surface area contributed by atoms with E-state index >= 15 is 0 Å². The van der Waals surface area contributed by atoms with Crippen molar-refractivity contribution in [1.29, 1.82) is 0 Å². The molecule has 0 bridgehead atoms. The first-order valence-electron chi connectivity index (χ1n) is 4.89. The van der Waals surface area contributed by atoms with Crippen LogP contribution in [0.25, 0.3) is 0 Å². The number of nitrogens with two attached hydrogens (primary N) is 1. The summed E-state index contributed by atoms with van der Waals surface area (Å²) in [5.74, 6) is -1.03. The van der Waals surface area contributed by atoms with E-state index in [0.717, 1.165) is 5.56 Å². The molecule has 0 spiro atoms. The van der Waals surface area contributed by atoms with Crippen LogP contribution in [0.5, 0.6) is 0 Å². The maximum atomic E-state index is 10.6. The molecule has 1 aromatic rings. The van der Waals surface area contributed by atoms with Crippen molar-refractivity contribution in [1.82, 2.24) is 0 Å². The molecule has 0 saturated carbocycles. The van der Waals surface area contributed by atoms with Crippen molar-refractivity contribution in [3.05, 3.63) is 35.4 Å². The number of aromatic carboxylic acids is 1. The first-order chi connectivity index (χ1) is 8.00. The van der Waals surface area contributed by atoms with Gasteiger partial charge in [0.1, 0.15) is 6.04 Å². The number of carboxylic acids is 2. The van der Waals surface area contributed by atoms with E-state index < -0.39 is 18.0 Å². The van der Waals surface area contributed by atoms with Crippen molar-refractivity contribution >= 4 is 23.7 Å². The Morgan fingerprint density at radius 2 is 1.82 bits per heavy atom. The van der Waals surface area contributed by atoms with Crippen LogP contribution in [-0.4, -0.2) is 33.9 Å². The standard InChI is InChI=1S/C11H13NO4S/c12-9(11(15)16)6-17-5-7-1-3-8(4-2-7)10(13)14/h1-4,9H,5-6,12H2,(H,13,14)(H,15,16)/t9-/m1/s1. The zero-order valence-electron chi connectivity index (χ0n) is 9.00. The van der Waals surface area contributed by atoms with Crippen molar-refractivity contribution < 1.29 is 19.8 Å².